The number of hydrogen-bond acceptors (Lipinski definition) is 4. The van der Waals surface area contributed by atoms with E-state index in [-0.39, 0.29) is 11.7 Å². The Morgan fingerprint density at radius 2 is 1.93 bits per heavy atom. The van der Waals surface area contributed by atoms with Crippen molar-refractivity contribution in [3.63, 3.8) is 0 Å². The van der Waals surface area contributed by atoms with E-state index in [2.05, 4.69) is 22.1 Å². The molecule has 1 N–H and O–H groups in total. The number of amides is 1. The summed E-state index contributed by atoms with van der Waals surface area (Å²) in [4.78, 5) is 12.2. The Hall–Kier alpha value is -2.28. The van der Waals surface area contributed by atoms with Gasteiger partial charge in [0.15, 0.2) is 11.0 Å². The minimum absolute atomic E-state index is 0.139. The van der Waals surface area contributed by atoms with Gasteiger partial charge in [-0.15, -0.1) is 16.8 Å². The number of halogens is 2. The lowest BCUT2D eigenvalue weighted by Gasteiger charge is -2.08. The molecule has 0 aliphatic rings. The molecular weight excluding hydrogens is 403 g/mol. The molecule has 0 saturated carbocycles. The van der Waals surface area contributed by atoms with Gasteiger partial charge in [-0.05, 0) is 36.4 Å². The van der Waals surface area contributed by atoms with E-state index in [0.29, 0.717) is 33.3 Å². The fraction of sp³-hybridized carbons (Fsp3) is 0.105. The molecule has 3 aromatic rings. The Morgan fingerprint density at radius 3 is 2.63 bits per heavy atom. The van der Waals surface area contributed by atoms with Crippen LogP contribution in [0.4, 0.5) is 5.69 Å². The summed E-state index contributed by atoms with van der Waals surface area (Å²) in [6, 6.07) is 14.4. The molecule has 0 bridgehead atoms. The molecular formula is C19H16Cl2N4OS. The number of hydrogen-bond donors (Lipinski definition) is 1. The maximum atomic E-state index is 12.2. The molecule has 0 radical (unpaired) electrons. The summed E-state index contributed by atoms with van der Waals surface area (Å²) < 4.78 is 1.90. The number of rotatable bonds is 7. The zero-order valence-electron chi connectivity index (χ0n) is 14.2. The molecule has 5 nitrogen and oxygen atoms in total. The SMILES string of the molecule is C=CCn1c(SCC(=O)Nc2ccc(Cl)cc2)nnc1-c1cccc(Cl)c1. The molecule has 0 fully saturated rings. The fourth-order valence-corrected chi connectivity index (χ4v) is 3.45. The van der Waals surface area contributed by atoms with Gasteiger partial charge in [0.25, 0.3) is 0 Å². The first kappa shape index (κ1) is 19.5. The average molecular weight is 419 g/mol. The number of nitrogens with zero attached hydrogens (tertiary/aromatic N) is 3. The number of carbonyl (C=O) groups is 1. The third-order valence-corrected chi connectivity index (χ3v) is 5.03. The summed E-state index contributed by atoms with van der Waals surface area (Å²) >= 11 is 13.2. The van der Waals surface area contributed by atoms with Gasteiger partial charge >= 0.3 is 0 Å². The molecule has 0 saturated heterocycles. The minimum Gasteiger partial charge on any atom is -0.325 e. The van der Waals surface area contributed by atoms with Gasteiger partial charge in [0.1, 0.15) is 0 Å². The van der Waals surface area contributed by atoms with Crippen LogP contribution in [0.3, 0.4) is 0 Å². The Bertz CT molecular complexity index is 957. The highest BCUT2D eigenvalue weighted by molar-refractivity contribution is 7.99. The van der Waals surface area contributed by atoms with Crippen molar-refractivity contribution in [3.05, 3.63) is 71.2 Å². The van der Waals surface area contributed by atoms with Crippen LogP contribution in [0.5, 0.6) is 0 Å². The largest absolute Gasteiger partial charge is 0.325 e. The van der Waals surface area contributed by atoms with E-state index in [9.17, 15) is 4.79 Å². The van der Waals surface area contributed by atoms with Gasteiger partial charge in [-0.3, -0.25) is 9.36 Å². The predicted octanol–water partition coefficient (Wildman–Crippen LogP) is 5.17. The molecule has 1 aromatic heterocycles. The lowest BCUT2D eigenvalue weighted by Crippen LogP contribution is -2.14. The zero-order chi connectivity index (χ0) is 19.2. The Labute approximate surface area is 171 Å². The lowest BCUT2D eigenvalue weighted by atomic mass is 10.2. The highest BCUT2D eigenvalue weighted by Gasteiger charge is 2.15. The fourth-order valence-electron chi connectivity index (χ4n) is 2.39. The van der Waals surface area contributed by atoms with Gasteiger partial charge in [-0.1, -0.05) is 53.2 Å². The first-order chi connectivity index (χ1) is 13.1. The normalized spacial score (nSPS) is 10.6. The van der Waals surface area contributed by atoms with Crippen molar-refractivity contribution in [2.75, 3.05) is 11.1 Å². The number of allylic oxidation sites excluding steroid dienone is 1. The Balaban J connectivity index is 1.72. The van der Waals surface area contributed by atoms with Crippen LogP contribution in [-0.4, -0.2) is 26.4 Å². The maximum absolute atomic E-state index is 12.2. The monoisotopic (exact) mass is 418 g/mol. The molecule has 3 rings (SSSR count). The van der Waals surface area contributed by atoms with Crippen molar-refractivity contribution < 1.29 is 4.79 Å². The first-order valence-corrected chi connectivity index (χ1v) is 9.79. The minimum atomic E-state index is -0.139. The highest BCUT2D eigenvalue weighted by atomic mass is 35.5. The van der Waals surface area contributed by atoms with Crippen molar-refractivity contribution in [3.8, 4) is 11.4 Å². The molecule has 1 heterocycles. The Kier molecular flexibility index (Phi) is 6.55. The molecule has 27 heavy (non-hydrogen) atoms. The number of anilines is 1. The summed E-state index contributed by atoms with van der Waals surface area (Å²) in [6.07, 6.45) is 1.76. The van der Waals surface area contributed by atoms with E-state index in [0.717, 1.165) is 5.56 Å². The van der Waals surface area contributed by atoms with E-state index in [1.807, 2.05) is 22.8 Å². The summed E-state index contributed by atoms with van der Waals surface area (Å²) in [5, 5.41) is 13.2. The van der Waals surface area contributed by atoms with E-state index in [1.165, 1.54) is 11.8 Å². The second-order valence-corrected chi connectivity index (χ2v) is 7.37. The maximum Gasteiger partial charge on any atom is 0.234 e. The number of benzene rings is 2. The molecule has 0 aliphatic carbocycles. The molecule has 0 unspecified atom stereocenters. The lowest BCUT2D eigenvalue weighted by molar-refractivity contribution is -0.113. The van der Waals surface area contributed by atoms with Crippen molar-refractivity contribution in [1.29, 1.82) is 0 Å². The first-order valence-electron chi connectivity index (χ1n) is 8.05. The molecule has 8 heteroatoms. The second-order valence-electron chi connectivity index (χ2n) is 5.56. The van der Waals surface area contributed by atoms with Crippen molar-refractivity contribution >= 4 is 46.6 Å². The zero-order valence-corrected chi connectivity index (χ0v) is 16.6. The summed E-state index contributed by atoms with van der Waals surface area (Å²) in [5.74, 6) is 0.741. The smallest absolute Gasteiger partial charge is 0.234 e. The molecule has 2 aromatic carbocycles. The number of thioether (sulfide) groups is 1. The summed E-state index contributed by atoms with van der Waals surface area (Å²) in [6.45, 7) is 4.31. The van der Waals surface area contributed by atoms with Crippen molar-refractivity contribution in [2.24, 2.45) is 0 Å². The van der Waals surface area contributed by atoms with Gasteiger partial charge in [-0.25, -0.2) is 0 Å². The molecule has 138 valence electrons. The number of nitrogens with one attached hydrogen (secondary N) is 1. The van der Waals surface area contributed by atoms with E-state index < -0.39 is 0 Å². The summed E-state index contributed by atoms with van der Waals surface area (Å²) in [7, 11) is 0. The van der Waals surface area contributed by atoms with E-state index >= 15 is 0 Å². The number of aromatic nitrogens is 3. The van der Waals surface area contributed by atoms with Crippen molar-refractivity contribution in [1.82, 2.24) is 14.8 Å². The van der Waals surface area contributed by atoms with Crippen LogP contribution < -0.4 is 5.32 Å². The van der Waals surface area contributed by atoms with Crippen LogP contribution in [0.2, 0.25) is 10.0 Å². The van der Waals surface area contributed by atoms with Crippen LogP contribution in [0, 0.1) is 0 Å². The van der Waals surface area contributed by atoms with Gasteiger partial charge in [0, 0.05) is 27.8 Å². The van der Waals surface area contributed by atoms with Crippen LogP contribution in [0.1, 0.15) is 0 Å². The summed E-state index contributed by atoms with van der Waals surface area (Å²) in [5.41, 5.74) is 1.55. The van der Waals surface area contributed by atoms with Gasteiger partial charge < -0.3 is 5.32 Å². The average Bonchev–Trinajstić information content (AvgIpc) is 3.05. The molecule has 0 atom stereocenters. The van der Waals surface area contributed by atoms with E-state index in [1.54, 1.807) is 36.4 Å². The van der Waals surface area contributed by atoms with Crippen LogP contribution in [0.15, 0.2) is 66.3 Å². The van der Waals surface area contributed by atoms with Gasteiger partial charge in [0.2, 0.25) is 5.91 Å². The van der Waals surface area contributed by atoms with Gasteiger partial charge in [0.05, 0.1) is 5.75 Å². The second kappa shape index (κ2) is 9.08. The van der Waals surface area contributed by atoms with Crippen molar-refractivity contribution in [2.45, 2.75) is 11.7 Å². The van der Waals surface area contributed by atoms with Crippen LogP contribution >= 0.6 is 35.0 Å². The standard InChI is InChI=1S/C19H16Cl2N4OS/c1-2-10-25-18(13-4-3-5-15(21)11-13)23-24-19(25)27-12-17(26)22-16-8-6-14(20)7-9-16/h2-9,11H,1,10,12H2,(H,22,26). The highest BCUT2D eigenvalue weighted by Crippen LogP contribution is 2.26. The number of carbonyl (C=O) groups excluding carboxylic acids is 1. The van der Waals surface area contributed by atoms with E-state index in [4.69, 9.17) is 23.2 Å². The molecule has 1 amide bonds. The quantitative estimate of drug-likeness (QED) is 0.424. The Morgan fingerprint density at radius 1 is 1.15 bits per heavy atom. The topological polar surface area (TPSA) is 59.8 Å². The third kappa shape index (κ3) is 5.13. The van der Waals surface area contributed by atoms with Gasteiger partial charge in [-0.2, -0.15) is 0 Å². The molecule has 0 aliphatic heterocycles. The van der Waals surface area contributed by atoms with Crippen LogP contribution in [-0.2, 0) is 11.3 Å². The predicted molar refractivity (Wildman–Crippen MR) is 111 cm³/mol. The third-order valence-electron chi connectivity index (χ3n) is 3.57. The van der Waals surface area contributed by atoms with Crippen LogP contribution in [0.25, 0.3) is 11.4 Å². The molecule has 0 spiro atoms.